The Morgan fingerprint density at radius 2 is 2.11 bits per heavy atom. The second-order valence-corrected chi connectivity index (χ2v) is 10.8. The highest BCUT2D eigenvalue weighted by Gasteiger charge is 2.34. The molecule has 35 heavy (non-hydrogen) atoms. The molecule has 0 fully saturated rings. The van der Waals surface area contributed by atoms with Gasteiger partial charge in [0.1, 0.15) is 5.75 Å². The Balaban J connectivity index is 1.75. The van der Waals surface area contributed by atoms with Crippen LogP contribution in [0.1, 0.15) is 31.0 Å². The number of allylic oxidation sites excluding steroid dienone is 1. The van der Waals surface area contributed by atoms with Gasteiger partial charge in [0.25, 0.3) is 5.56 Å². The largest absolute Gasteiger partial charge is 0.506 e. The molecule has 1 N–H and O–H groups in total. The van der Waals surface area contributed by atoms with Gasteiger partial charge in [-0.25, -0.2) is 9.79 Å². The molecule has 3 heterocycles. The third-order valence-electron chi connectivity index (χ3n) is 5.57. The molecule has 1 unspecified atom stereocenters. The number of hydrogen-bond acceptors (Lipinski definition) is 8. The Hall–Kier alpha value is -2.64. The maximum atomic E-state index is 13.7. The number of hydrogen-bond donors (Lipinski definition) is 1. The van der Waals surface area contributed by atoms with Crippen LogP contribution in [0.25, 0.3) is 6.08 Å². The minimum absolute atomic E-state index is 0.0790. The zero-order valence-corrected chi connectivity index (χ0v) is 23.1. The number of fused-ring (bicyclic) bond motifs is 2. The number of phenols is 1. The van der Waals surface area contributed by atoms with Crippen molar-refractivity contribution in [3.8, 4) is 17.2 Å². The Kier molecular flexibility index (Phi) is 6.49. The molecule has 3 aromatic rings. The molecule has 8 nitrogen and oxygen atoms in total. The molecule has 2 aromatic carbocycles. The normalized spacial score (nSPS) is 16.8. The van der Waals surface area contributed by atoms with E-state index in [0.29, 0.717) is 41.2 Å². The van der Waals surface area contributed by atoms with Crippen molar-refractivity contribution in [3.05, 3.63) is 80.5 Å². The number of carbonyl (C=O) groups excluding carboxylic acids is 1. The van der Waals surface area contributed by atoms with Gasteiger partial charge in [0.15, 0.2) is 16.3 Å². The number of carbonyl (C=O) groups is 1. The lowest BCUT2D eigenvalue weighted by Crippen LogP contribution is -2.39. The number of nitrogens with zero attached hydrogens (tertiary/aromatic N) is 2. The van der Waals surface area contributed by atoms with Crippen LogP contribution in [0.15, 0.2) is 55.9 Å². The van der Waals surface area contributed by atoms with Crippen LogP contribution in [0.2, 0.25) is 0 Å². The molecular weight excluding hydrogens is 651 g/mol. The van der Waals surface area contributed by atoms with E-state index in [4.69, 9.17) is 14.2 Å². The minimum atomic E-state index is -0.766. The molecule has 0 saturated carbocycles. The third-order valence-corrected chi connectivity index (χ3v) is 7.84. The zero-order valence-electron chi connectivity index (χ0n) is 18.5. The van der Waals surface area contributed by atoms with Crippen molar-refractivity contribution in [2.75, 3.05) is 13.4 Å². The topological polar surface area (TPSA) is 99.4 Å². The standard InChI is InChI=1S/C24H18BrIN2O6S/c1-3-32-23(31)19-11(2)27-24-28(20(19)12-4-5-16-17(7-12)34-10-33-16)22(30)18(35-24)8-13-6-14(25)9-15(26)21(13)29/h4-9,20,29H,3,10H2,1-2H3/b18-8-. The minimum Gasteiger partial charge on any atom is -0.506 e. The van der Waals surface area contributed by atoms with E-state index >= 15 is 0 Å². The van der Waals surface area contributed by atoms with Crippen molar-refractivity contribution in [1.82, 2.24) is 4.57 Å². The summed E-state index contributed by atoms with van der Waals surface area (Å²) in [5.41, 5.74) is 1.58. The van der Waals surface area contributed by atoms with Gasteiger partial charge in [0.05, 0.1) is 32.0 Å². The second-order valence-electron chi connectivity index (χ2n) is 7.74. The van der Waals surface area contributed by atoms with Gasteiger partial charge in [0.2, 0.25) is 6.79 Å². The summed E-state index contributed by atoms with van der Waals surface area (Å²) >= 11 is 6.65. The Bertz CT molecular complexity index is 1590. The molecule has 0 saturated heterocycles. The quantitative estimate of drug-likeness (QED) is 0.337. The molecule has 180 valence electrons. The molecule has 0 spiro atoms. The average Bonchev–Trinajstić information content (AvgIpc) is 3.40. The van der Waals surface area contributed by atoms with Gasteiger partial charge < -0.3 is 19.3 Å². The maximum Gasteiger partial charge on any atom is 0.338 e. The molecule has 2 aliphatic heterocycles. The van der Waals surface area contributed by atoms with Gasteiger partial charge in [0, 0.05) is 10.0 Å². The van der Waals surface area contributed by atoms with E-state index in [1.165, 1.54) is 15.9 Å². The number of halogens is 2. The fourth-order valence-electron chi connectivity index (χ4n) is 4.03. The Labute approximate surface area is 225 Å². The van der Waals surface area contributed by atoms with Crippen molar-refractivity contribution in [1.29, 1.82) is 0 Å². The first kappa shape index (κ1) is 24.1. The number of ether oxygens (including phenoxy) is 3. The van der Waals surface area contributed by atoms with Crippen molar-refractivity contribution in [2.24, 2.45) is 4.99 Å². The zero-order chi connectivity index (χ0) is 24.9. The van der Waals surface area contributed by atoms with Crippen molar-refractivity contribution < 1.29 is 24.1 Å². The lowest BCUT2D eigenvalue weighted by atomic mass is 9.95. The van der Waals surface area contributed by atoms with Crippen LogP contribution in [-0.4, -0.2) is 29.0 Å². The lowest BCUT2D eigenvalue weighted by molar-refractivity contribution is -0.139. The molecule has 1 aromatic heterocycles. The molecule has 0 radical (unpaired) electrons. The van der Waals surface area contributed by atoms with Crippen LogP contribution in [0.3, 0.4) is 0 Å². The SMILES string of the molecule is CCOC(=O)C1=C(C)N=c2s/c(=C\c3cc(Br)cc(I)c3O)c(=O)n2C1c1ccc2c(c1)OCO2. The number of phenolic OH excluding ortho intramolecular Hbond substituents is 1. The van der Waals surface area contributed by atoms with Crippen LogP contribution in [-0.2, 0) is 9.53 Å². The first-order valence-electron chi connectivity index (χ1n) is 10.6. The summed E-state index contributed by atoms with van der Waals surface area (Å²) in [5, 5.41) is 10.5. The van der Waals surface area contributed by atoms with Crippen LogP contribution in [0.5, 0.6) is 17.2 Å². The summed E-state index contributed by atoms with van der Waals surface area (Å²) in [7, 11) is 0. The second kappa shape index (κ2) is 9.43. The first-order chi connectivity index (χ1) is 16.8. The fourth-order valence-corrected chi connectivity index (χ4v) is 6.62. The van der Waals surface area contributed by atoms with Crippen LogP contribution in [0.4, 0.5) is 0 Å². The van der Waals surface area contributed by atoms with E-state index in [2.05, 4.69) is 20.9 Å². The Morgan fingerprint density at radius 3 is 2.89 bits per heavy atom. The van der Waals surface area contributed by atoms with Crippen LogP contribution < -0.4 is 24.4 Å². The average molecular weight is 669 g/mol. The van der Waals surface area contributed by atoms with E-state index in [-0.39, 0.29) is 30.3 Å². The van der Waals surface area contributed by atoms with E-state index in [9.17, 15) is 14.7 Å². The maximum absolute atomic E-state index is 13.7. The molecule has 0 bridgehead atoms. The predicted octanol–water partition coefficient (Wildman–Crippen LogP) is 3.60. The number of thiazole rings is 1. The molecule has 0 aliphatic carbocycles. The number of esters is 1. The molecule has 1 atom stereocenters. The molecule has 5 rings (SSSR count). The Morgan fingerprint density at radius 1 is 1.34 bits per heavy atom. The van der Waals surface area contributed by atoms with Gasteiger partial charge in [-0.05, 0) is 72.3 Å². The van der Waals surface area contributed by atoms with Gasteiger partial charge in [-0.2, -0.15) is 0 Å². The van der Waals surface area contributed by atoms with E-state index in [0.717, 1.165) is 4.47 Å². The predicted molar refractivity (Wildman–Crippen MR) is 141 cm³/mol. The highest BCUT2D eigenvalue weighted by molar-refractivity contribution is 14.1. The van der Waals surface area contributed by atoms with E-state index < -0.39 is 12.0 Å². The van der Waals surface area contributed by atoms with Gasteiger partial charge in [-0.15, -0.1) is 0 Å². The number of aromatic hydroxyl groups is 1. The number of rotatable bonds is 4. The summed E-state index contributed by atoms with van der Waals surface area (Å²) in [5.74, 6) is 0.677. The summed E-state index contributed by atoms with van der Waals surface area (Å²) in [6.07, 6.45) is 1.63. The van der Waals surface area contributed by atoms with Gasteiger partial charge >= 0.3 is 5.97 Å². The van der Waals surface area contributed by atoms with Gasteiger partial charge in [-0.1, -0.05) is 33.3 Å². The van der Waals surface area contributed by atoms with Crippen LogP contribution in [0, 0.1) is 3.57 Å². The highest BCUT2D eigenvalue weighted by atomic mass is 127. The molecular formula is C24H18BrIN2O6S. The fraction of sp³-hybridized carbons (Fsp3) is 0.208. The molecule has 2 aliphatic rings. The lowest BCUT2D eigenvalue weighted by Gasteiger charge is -2.24. The smallest absolute Gasteiger partial charge is 0.338 e. The van der Waals surface area contributed by atoms with E-state index in [1.807, 2.05) is 22.6 Å². The van der Waals surface area contributed by atoms with Crippen molar-refractivity contribution in [3.63, 3.8) is 0 Å². The third kappa shape index (κ3) is 4.29. The monoisotopic (exact) mass is 668 g/mol. The van der Waals surface area contributed by atoms with Crippen molar-refractivity contribution >= 4 is 61.9 Å². The highest BCUT2D eigenvalue weighted by Crippen LogP contribution is 2.38. The summed E-state index contributed by atoms with van der Waals surface area (Å²) < 4.78 is 19.6. The number of aromatic nitrogens is 1. The van der Waals surface area contributed by atoms with Crippen molar-refractivity contribution in [2.45, 2.75) is 19.9 Å². The molecule has 11 heteroatoms. The molecule has 0 amide bonds. The summed E-state index contributed by atoms with van der Waals surface area (Å²) in [6, 6.07) is 8.08. The van der Waals surface area contributed by atoms with Gasteiger partial charge in [-0.3, -0.25) is 9.36 Å². The number of benzene rings is 2. The van der Waals surface area contributed by atoms with E-state index in [1.54, 1.807) is 50.3 Å². The summed E-state index contributed by atoms with van der Waals surface area (Å²) in [4.78, 5) is 31.7. The van der Waals surface area contributed by atoms with Crippen LogP contribution >= 0.6 is 49.9 Å². The summed E-state index contributed by atoms with van der Waals surface area (Å²) in [6.45, 7) is 3.75. The first-order valence-corrected chi connectivity index (χ1v) is 13.2.